The van der Waals surface area contributed by atoms with E-state index in [1.54, 1.807) is 12.1 Å². The van der Waals surface area contributed by atoms with Crippen LogP contribution in [0.1, 0.15) is 52.9 Å². The summed E-state index contributed by atoms with van der Waals surface area (Å²) in [4.78, 5) is 12.7. The van der Waals surface area contributed by atoms with Crippen molar-refractivity contribution in [3.8, 4) is 11.4 Å². The maximum Gasteiger partial charge on any atom is 0.250 e. The number of benzene rings is 1. The molecule has 2 bridgehead atoms. The van der Waals surface area contributed by atoms with Gasteiger partial charge in [0.1, 0.15) is 5.82 Å². The van der Waals surface area contributed by atoms with Crippen LogP contribution in [0.25, 0.3) is 11.4 Å². The van der Waals surface area contributed by atoms with E-state index in [2.05, 4.69) is 41.5 Å². The molecule has 5 rings (SSSR count). The van der Waals surface area contributed by atoms with E-state index in [1.807, 2.05) is 4.57 Å². The molecule has 3 unspecified atom stereocenters. The zero-order valence-electron chi connectivity index (χ0n) is 20.0. The Morgan fingerprint density at radius 3 is 2.71 bits per heavy atom. The highest BCUT2D eigenvalue weighted by Gasteiger charge is 2.60. The number of nitrogens with one attached hydrogen (secondary N) is 1. The van der Waals surface area contributed by atoms with Gasteiger partial charge in [0.15, 0.2) is 11.0 Å². The molecule has 182 valence electrons. The normalized spacial score (nSPS) is 28.6. The molecule has 1 aliphatic heterocycles. The molecule has 1 N–H and O–H groups in total. The van der Waals surface area contributed by atoms with Crippen LogP contribution in [0.5, 0.6) is 0 Å². The van der Waals surface area contributed by atoms with Crippen LogP contribution in [0.3, 0.4) is 0 Å². The molecule has 34 heavy (non-hydrogen) atoms. The quantitative estimate of drug-likeness (QED) is 0.455. The number of ether oxygens (including phenoxy) is 1. The summed E-state index contributed by atoms with van der Waals surface area (Å²) < 4.78 is 21.2. The fourth-order valence-electron chi connectivity index (χ4n) is 5.75. The number of rotatable bonds is 7. The third kappa shape index (κ3) is 4.17. The van der Waals surface area contributed by atoms with Crippen LogP contribution in [0.4, 0.5) is 4.39 Å². The fourth-order valence-corrected chi connectivity index (χ4v) is 6.49. The first-order valence-corrected chi connectivity index (χ1v) is 13.1. The molecule has 1 saturated heterocycles. The summed E-state index contributed by atoms with van der Waals surface area (Å²) in [6.45, 7) is 8.28. The Balaban J connectivity index is 1.27. The van der Waals surface area contributed by atoms with Gasteiger partial charge in [-0.1, -0.05) is 32.5 Å². The second-order valence-electron chi connectivity index (χ2n) is 10.4. The third-order valence-electron chi connectivity index (χ3n) is 8.39. The first kappa shape index (κ1) is 23.5. The average molecular weight is 486 g/mol. The molecule has 0 spiro atoms. The predicted molar refractivity (Wildman–Crippen MR) is 130 cm³/mol. The number of fused-ring (bicyclic) bond motifs is 2. The van der Waals surface area contributed by atoms with Gasteiger partial charge in [0, 0.05) is 23.3 Å². The standard InChI is InChI=1S/C25H32FN5O2S/c1-24(2)17-10-11-25(24,3)20(13-17)27-28-21(32)15-34-23-30-29-22(16-6-8-18(26)9-7-16)31(23)14-19-5-4-12-33-19/h6-9,17,19H,4-5,10-15H2,1-3H3,(H,28,32)/b27-20-. The zero-order chi connectivity index (χ0) is 23.9. The third-order valence-corrected chi connectivity index (χ3v) is 9.36. The van der Waals surface area contributed by atoms with Crippen molar-refractivity contribution >= 4 is 23.4 Å². The number of carbonyl (C=O) groups is 1. The number of aromatic nitrogens is 3. The van der Waals surface area contributed by atoms with Crippen LogP contribution in [-0.2, 0) is 16.1 Å². The predicted octanol–water partition coefficient (Wildman–Crippen LogP) is 4.67. The highest BCUT2D eigenvalue weighted by atomic mass is 32.2. The molecule has 2 aromatic rings. The summed E-state index contributed by atoms with van der Waals surface area (Å²) in [6.07, 6.45) is 5.42. The number of hydrogen-bond donors (Lipinski definition) is 1. The van der Waals surface area contributed by atoms with Gasteiger partial charge in [0.2, 0.25) is 0 Å². The Labute approximate surface area is 203 Å². The van der Waals surface area contributed by atoms with Crippen molar-refractivity contribution in [2.75, 3.05) is 12.4 Å². The number of carbonyl (C=O) groups excluding carboxylic acids is 1. The van der Waals surface area contributed by atoms with Crippen molar-refractivity contribution in [3.63, 3.8) is 0 Å². The second kappa shape index (κ2) is 9.07. The van der Waals surface area contributed by atoms with Crippen LogP contribution in [0.15, 0.2) is 34.5 Å². The zero-order valence-corrected chi connectivity index (χ0v) is 20.8. The number of hydrogen-bond acceptors (Lipinski definition) is 6. The van der Waals surface area contributed by atoms with Gasteiger partial charge >= 0.3 is 0 Å². The van der Waals surface area contributed by atoms with E-state index in [0.29, 0.717) is 23.4 Å². The van der Waals surface area contributed by atoms with Crippen molar-refractivity contribution in [2.24, 2.45) is 21.8 Å². The fraction of sp³-hybridized carbons (Fsp3) is 0.600. The first-order chi connectivity index (χ1) is 16.3. The molecule has 1 aromatic heterocycles. The number of thioether (sulfide) groups is 1. The molecule has 1 amide bonds. The van der Waals surface area contributed by atoms with Crippen LogP contribution in [0.2, 0.25) is 0 Å². The van der Waals surface area contributed by atoms with Crippen molar-refractivity contribution in [1.29, 1.82) is 0 Å². The lowest BCUT2D eigenvalue weighted by atomic mass is 9.70. The minimum atomic E-state index is -0.297. The van der Waals surface area contributed by atoms with Gasteiger partial charge in [0.25, 0.3) is 5.91 Å². The van der Waals surface area contributed by atoms with Crippen LogP contribution in [-0.4, -0.2) is 44.8 Å². The highest BCUT2D eigenvalue weighted by Crippen LogP contribution is 2.63. The molecular formula is C25H32FN5O2S. The summed E-state index contributed by atoms with van der Waals surface area (Å²) in [5.74, 6) is 1.03. The maximum atomic E-state index is 13.4. The first-order valence-electron chi connectivity index (χ1n) is 12.1. The van der Waals surface area contributed by atoms with Crippen LogP contribution >= 0.6 is 11.8 Å². The lowest BCUT2D eigenvalue weighted by Gasteiger charge is -2.34. The molecule has 3 aliphatic rings. The van der Waals surface area contributed by atoms with E-state index in [4.69, 9.17) is 4.74 Å². The summed E-state index contributed by atoms with van der Waals surface area (Å²) >= 11 is 1.33. The molecule has 0 radical (unpaired) electrons. The van der Waals surface area contributed by atoms with Crippen molar-refractivity contribution in [1.82, 2.24) is 20.2 Å². The second-order valence-corrected chi connectivity index (χ2v) is 11.4. The van der Waals surface area contributed by atoms with E-state index in [1.165, 1.54) is 30.3 Å². The van der Waals surface area contributed by atoms with Crippen LogP contribution in [0, 0.1) is 22.6 Å². The highest BCUT2D eigenvalue weighted by molar-refractivity contribution is 7.99. The van der Waals surface area contributed by atoms with E-state index >= 15 is 0 Å². The topological polar surface area (TPSA) is 81.4 Å². The van der Waals surface area contributed by atoms with Gasteiger partial charge in [-0.2, -0.15) is 5.10 Å². The lowest BCUT2D eigenvalue weighted by molar-refractivity contribution is -0.118. The lowest BCUT2D eigenvalue weighted by Crippen LogP contribution is -2.34. The van der Waals surface area contributed by atoms with E-state index < -0.39 is 0 Å². The molecular weight excluding hydrogens is 453 g/mol. The summed E-state index contributed by atoms with van der Waals surface area (Å²) in [7, 11) is 0. The van der Waals surface area contributed by atoms with Gasteiger partial charge in [-0.05, 0) is 67.7 Å². The van der Waals surface area contributed by atoms with Gasteiger partial charge in [-0.25, -0.2) is 9.82 Å². The van der Waals surface area contributed by atoms with Gasteiger partial charge in [0.05, 0.1) is 18.4 Å². The summed E-state index contributed by atoms with van der Waals surface area (Å²) in [5.41, 5.74) is 4.96. The Hall–Kier alpha value is -2.26. The Bertz CT molecular complexity index is 1090. The minimum absolute atomic E-state index is 0.0591. The van der Waals surface area contributed by atoms with Crippen molar-refractivity contribution in [3.05, 3.63) is 30.1 Å². The number of amides is 1. The van der Waals surface area contributed by atoms with Crippen molar-refractivity contribution in [2.45, 2.75) is 70.7 Å². The molecule has 3 fully saturated rings. The molecule has 9 heteroatoms. The van der Waals surface area contributed by atoms with Gasteiger partial charge in [-0.3, -0.25) is 9.36 Å². The summed E-state index contributed by atoms with van der Waals surface area (Å²) in [6, 6.07) is 6.22. The van der Waals surface area contributed by atoms with E-state index in [-0.39, 0.29) is 34.4 Å². The van der Waals surface area contributed by atoms with Gasteiger partial charge < -0.3 is 4.74 Å². The number of hydrazone groups is 1. The Morgan fingerprint density at radius 1 is 1.26 bits per heavy atom. The van der Waals surface area contributed by atoms with Crippen LogP contribution < -0.4 is 5.43 Å². The minimum Gasteiger partial charge on any atom is -0.376 e. The average Bonchev–Trinajstić information content (AvgIpc) is 3.55. The summed E-state index contributed by atoms with van der Waals surface area (Å²) in [5, 5.41) is 13.9. The molecule has 3 atom stereocenters. The van der Waals surface area contributed by atoms with Gasteiger partial charge in [-0.15, -0.1) is 10.2 Å². The largest absolute Gasteiger partial charge is 0.376 e. The number of halogens is 1. The molecule has 2 saturated carbocycles. The smallest absolute Gasteiger partial charge is 0.250 e. The van der Waals surface area contributed by atoms with E-state index in [9.17, 15) is 9.18 Å². The monoisotopic (exact) mass is 485 g/mol. The maximum absolute atomic E-state index is 13.4. The molecule has 2 heterocycles. The van der Waals surface area contributed by atoms with E-state index in [0.717, 1.165) is 43.6 Å². The molecule has 2 aliphatic carbocycles. The molecule has 7 nitrogen and oxygen atoms in total. The Kier molecular flexibility index (Phi) is 6.27. The van der Waals surface area contributed by atoms with Crippen molar-refractivity contribution < 1.29 is 13.9 Å². The molecule has 1 aromatic carbocycles. The Morgan fingerprint density at radius 2 is 2.06 bits per heavy atom. The SMILES string of the molecule is CC12CCC(C/C1=N/NC(=O)CSc1nnc(-c3ccc(F)cc3)n1CC1CCCO1)C2(C)C. The number of nitrogens with zero attached hydrogens (tertiary/aromatic N) is 4.